The van der Waals surface area contributed by atoms with Gasteiger partial charge in [0.05, 0.1) is 5.25 Å². The lowest BCUT2D eigenvalue weighted by atomic mass is 10.0. The number of carbonyl (C=O) groups is 1. The molecule has 0 spiro atoms. The lowest BCUT2D eigenvalue weighted by Gasteiger charge is -2.18. The zero-order chi connectivity index (χ0) is 10.9. The van der Waals surface area contributed by atoms with Gasteiger partial charge in [-0.3, -0.25) is 0 Å². The van der Waals surface area contributed by atoms with Gasteiger partial charge >= 0.3 is 5.97 Å². The van der Waals surface area contributed by atoms with Crippen molar-refractivity contribution in [2.75, 3.05) is 6.26 Å². The van der Waals surface area contributed by atoms with Crippen molar-refractivity contribution in [1.82, 2.24) is 0 Å². The van der Waals surface area contributed by atoms with Crippen LogP contribution >= 0.6 is 0 Å². The summed E-state index contributed by atoms with van der Waals surface area (Å²) in [5, 5.41) is 7.63. The molecule has 0 bridgehead atoms. The number of aliphatic carboxylic acids is 1. The largest absolute Gasteiger partial charge is 0.479 e. The van der Waals surface area contributed by atoms with Gasteiger partial charge in [0.15, 0.2) is 9.84 Å². The van der Waals surface area contributed by atoms with Crippen molar-refractivity contribution < 1.29 is 22.7 Å². The first-order valence-corrected chi connectivity index (χ1v) is 6.35. The Morgan fingerprint density at radius 2 is 2.07 bits per heavy atom. The van der Waals surface area contributed by atoms with E-state index in [9.17, 15) is 17.6 Å². The van der Waals surface area contributed by atoms with Gasteiger partial charge in [-0.15, -0.1) is 0 Å². The summed E-state index contributed by atoms with van der Waals surface area (Å²) in [5.41, 5.74) is 0. The van der Waals surface area contributed by atoms with Crippen LogP contribution in [0.4, 0.5) is 4.39 Å². The number of carboxylic acids is 1. The molecule has 4 nitrogen and oxygen atoms in total. The smallest absolute Gasteiger partial charge is 0.338 e. The van der Waals surface area contributed by atoms with Crippen LogP contribution in [0.2, 0.25) is 0 Å². The van der Waals surface area contributed by atoms with E-state index in [1.54, 1.807) is 0 Å². The van der Waals surface area contributed by atoms with E-state index in [0.29, 0.717) is 19.3 Å². The third kappa shape index (κ3) is 2.23. The van der Waals surface area contributed by atoms with Crippen LogP contribution < -0.4 is 0 Å². The van der Waals surface area contributed by atoms with Crippen LogP contribution in [0, 0.1) is 5.92 Å². The maximum absolute atomic E-state index is 13.1. The highest BCUT2D eigenvalue weighted by Crippen LogP contribution is 2.34. The van der Waals surface area contributed by atoms with Crippen LogP contribution in [0.3, 0.4) is 0 Å². The fraction of sp³-hybridized carbons (Fsp3) is 0.875. The van der Waals surface area contributed by atoms with Gasteiger partial charge in [0.1, 0.15) is 0 Å². The molecule has 1 rings (SSSR count). The Labute approximate surface area is 82.0 Å². The number of alkyl halides is 1. The monoisotopic (exact) mass is 224 g/mol. The average molecular weight is 224 g/mol. The molecule has 1 aliphatic carbocycles. The van der Waals surface area contributed by atoms with Crippen molar-refractivity contribution in [3.8, 4) is 0 Å². The topological polar surface area (TPSA) is 71.4 Å². The number of rotatable bonds is 3. The molecule has 0 amide bonds. The van der Waals surface area contributed by atoms with Gasteiger partial charge in [0.25, 0.3) is 0 Å². The average Bonchev–Trinajstić information content (AvgIpc) is 2.48. The van der Waals surface area contributed by atoms with Gasteiger partial charge in [-0.25, -0.2) is 17.6 Å². The fourth-order valence-corrected chi connectivity index (χ4v) is 3.51. The quantitative estimate of drug-likeness (QED) is 0.763. The molecule has 1 N–H and O–H groups in total. The number of halogens is 1. The molecule has 0 aliphatic heterocycles. The molecule has 0 saturated heterocycles. The van der Waals surface area contributed by atoms with Gasteiger partial charge in [0.2, 0.25) is 6.17 Å². The molecule has 82 valence electrons. The van der Waals surface area contributed by atoms with E-state index in [-0.39, 0.29) is 0 Å². The highest BCUT2D eigenvalue weighted by Gasteiger charge is 2.42. The maximum atomic E-state index is 13.1. The highest BCUT2D eigenvalue weighted by atomic mass is 32.2. The zero-order valence-electron chi connectivity index (χ0n) is 7.81. The number of sulfone groups is 1. The van der Waals surface area contributed by atoms with Crippen LogP contribution in [-0.2, 0) is 14.6 Å². The molecule has 0 aromatic heterocycles. The van der Waals surface area contributed by atoms with Gasteiger partial charge in [-0.2, -0.15) is 0 Å². The summed E-state index contributed by atoms with van der Waals surface area (Å²) in [4.78, 5) is 10.4. The van der Waals surface area contributed by atoms with Crippen LogP contribution in [0.25, 0.3) is 0 Å². The molecule has 3 unspecified atom stereocenters. The van der Waals surface area contributed by atoms with Crippen molar-refractivity contribution in [3.05, 3.63) is 0 Å². The standard InChI is InChI=1S/C8H13FO4S/c1-14(12,13)6-4-2-3-5(6)7(9)8(10)11/h5-7H,2-4H2,1H3,(H,10,11). The van der Waals surface area contributed by atoms with Crippen LogP contribution in [-0.4, -0.2) is 37.2 Å². The van der Waals surface area contributed by atoms with Gasteiger partial charge in [-0.05, 0) is 12.8 Å². The molecular formula is C8H13FO4S. The van der Waals surface area contributed by atoms with Crippen molar-refractivity contribution in [2.24, 2.45) is 5.92 Å². The van der Waals surface area contributed by atoms with Gasteiger partial charge < -0.3 is 5.11 Å². The summed E-state index contributed by atoms with van der Waals surface area (Å²) in [7, 11) is -3.33. The lowest BCUT2D eigenvalue weighted by molar-refractivity contribution is -0.144. The van der Waals surface area contributed by atoms with Crippen LogP contribution in [0.15, 0.2) is 0 Å². The Bertz CT molecular complexity index is 324. The zero-order valence-corrected chi connectivity index (χ0v) is 8.63. The second-order valence-corrected chi connectivity index (χ2v) is 5.97. The normalized spacial score (nSPS) is 30.1. The van der Waals surface area contributed by atoms with E-state index < -0.39 is 33.1 Å². The van der Waals surface area contributed by atoms with E-state index >= 15 is 0 Å². The van der Waals surface area contributed by atoms with Crippen molar-refractivity contribution in [2.45, 2.75) is 30.7 Å². The van der Waals surface area contributed by atoms with Crippen LogP contribution in [0.5, 0.6) is 0 Å². The molecule has 6 heteroatoms. The molecule has 1 saturated carbocycles. The van der Waals surface area contributed by atoms with Crippen molar-refractivity contribution in [3.63, 3.8) is 0 Å². The summed E-state index contributed by atoms with van der Waals surface area (Å²) < 4.78 is 35.6. The minimum absolute atomic E-state index is 0.338. The molecule has 14 heavy (non-hydrogen) atoms. The highest BCUT2D eigenvalue weighted by molar-refractivity contribution is 7.91. The Morgan fingerprint density at radius 3 is 2.50 bits per heavy atom. The van der Waals surface area contributed by atoms with Gasteiger partial charge in [-0.1, -0.05) is 6.42 Å². The molecular weight excluding hydrogens is 211 g/mol. The predicted octanol–water partition coefficient (Wildman–Crippen LogP) is 0.622. The van der Waals surface area contributed by atoms with E-state index in [2.05, 4.69) is 0 Å². The third-order valence-corrected chi connectivity index (χ3v) is 4.35. The van der Waals surface area contributed by atoms with E-state index in [1.807, 2.05) is 0 Å². The molecule has 1 aliphatic rings. The number of hydrogen-bond acceptors (Lipinski definition) is 3. The predicted molar refractivity (Wildman–Crippen MR) is 48.5 cm³/mol. The Kier molecular flexibility index (Phi) is 3.14. The Morgan fingerprint density at radius 1 is 1.50 bits per heavy atom. The Hall–Kier alpha value is -0.650. The van der Waals surface area contributed by atoms with Crippen LogP contribution in [0.1, 0.15) is 19.3 Å². The first-order valence-electron chi connectivity index (χ1n) is 4.40. The first-order chi connectivity index (χ1) is 6.34. The SMILES string of the molecule is CS(=O)(=O)C1CCCC1C(F)C(=O)O. The number of hydrogen-bond donors (Lipinski definition) is 1. The molecule has 0 aromatic carbocycles. The second kappa shape index (κ2) is 3.84. The van der Waals surface area contributed by atoms with Crippen molar-refractivity contribution >= 4 is 15.8 Å². The lowest BCUT2D eigenvalue weighted by Crippen LogP contribution is -2.35. The summed E-state index contributed by atoms with van der Waals surface area (Å²) >= 11 is 0. The van der Waals surface area contributed by atoms with E-state index in [0.717, 1.165) is 6.26 Å². The van der Waals surface area contributed by atoms with E-state index in [1.165, 1.54) is 0 Å². The molecule has 0 radical (unpaired) electrons. The van der Waals surface area contributed by atoms with Crippen molar-refractivity contribution in [1.29, 1.82) is 0 Å². The molecule has 0 aromatic rings. The van der Waals surface area contributed by atoms with E-state index in [4.69, 9.17) is 5.11 Å². The molecule has 1 fully saturated rings. The molecule has 0 heterocycles. The third-order valence-electron chi connectivity index (χ3n) is 2.67. The second-order valence-electron chi connectivity index (χ2n) is 3.70. The summed E-state index contributed by atoms with van der Waals surface area (Å²) in [6, 6.07) is 0. The minimum Gasteiger partial charge on any atom is -0.479 e. The maximum Gasteiger partial charge on any atom is 0.338 e. The fourth-order valence-electron chi connectivity index (χ4n) is 2.00. The summed E-state index contributed by atoms with van der Waals surface area (Å²) in [6.07, 6.45) is 0.264. The summed E-state index contributed by atoms with van der Waals surface area (Å²) in [5.74, 6) is -2.44. The number of carboxylic acid groups (broad SMARTS) is 1. The Balaban J connectivity index is 2.84. The minimum atomic E-state index is -3.33. The first kappa shape index (κ1) is 11.4. The molecule has 3 atom stereocenters. The summed E-state index contributed by atoms with van der Waals surface area (Å²) in [6.45, 7) is 0. The van der Waals surface area contributed by atoms with Gasteiger partial charge in [0, 0.05) is 12.2 Å².